The average Bonchev–Trinajstić information content (AvgIpc) is 3.66. The molecule has 0 N–H and O–H groups in total. The van der Waals surface area contributed by atoms with Crippen LogP contribution >= 0.6 is 11.6 Å². The van der Waals surface area contributed by atoms with E-state index in [-0.39, 0.29) is 24.8 Å². The van der Waals surface area contributed by atoms with Crippen molar-refractivity contribution < 1.29 is 23.4 Å². The van der Waals surface area contributed by atoms with Gasteiger partial charge in [0.05, 0.1) is 24.2 Å². The Morgan fingerprint density at radius 2 is 1.83 bits per heavy atom. The van der Waals surface area contributed by atoms with E-state index in [1.54, 1.807) is 30.3 Å². The molecule has 3 heterocycles. The summed E-state index contributed by atoms with van der Waals surface area (Å²) < 4.78 is 30.0. The molecule has 7 rings (SSSR count). The Labute approximate surface area is 244 Å². The van der Waals surface area contributed by atoms with Gasteiger partial charge in [0, 0.05) is 22.0 Å². The van der Waals surface area contributed by atoms with Gasteiger partial charge in [-0.15, -0.1) is 0 Å². The van der Waals surface area contributed by atoms with Gasteiger partial charge in [-0.2, -0.15) is 9.78 Å². The Kier molecular flexibility index (Phi) is 6.48. The third kappa shape index (κ3) is 4.69. The lowest BCUT2D eigenvalue weighted by atomic mass is 10.2. The van der Waals surface area contributed by atoms with E-state index >= 15 is 0 Å². The molecule has 1 aliphatic rings. The third-order valence-electron chi connectivity index (χ3n) is 6.80. The fourth-order valence-electron chi connectivity index (χ4n) is 4.78. The minimum absolute atomic E-state index is 0.185. The predicted molar refractivity (Wildman–Crippen MR) is 159 cm³/mol. The molecule has 6 aromatic rings. The molecule has 0 atom stereocenters. The van der Waals surface area contributed by atoms with Crippen LogP contribution < -0.4 is 24.5 Å². The first-order valence-electron chi connectivity index (χ1n) is 13.0. The van der Waals surface area contributed by atoms with Gasteiger partial charge in [0.25, 0.3) is 5.56 Å². The van der Waals surface area contributed by atoms with Gasteiger partial charge in [-0.05, 0) is 48.0 Å². The zero-order chi connectivity index (χ0) is 28.6. The molecule has 0 fully saturated rings. The van der Waals surface area contributed by atoms with Crippen molar-refractivity contribution in [2.75, 3.05) is 13.9 Å². The number of fused-ring (bicyclic) bond motifs is 3. The maximum Gasteiger partial charge on any atom is 0.282 e. The van der Waals surface area contributed by atoms with E-state index in [2.05, 4.69) is 5.10 Å². The molecule has 0 spiro atoms. The second-order valence-corrected chi connectivity index (χ2v) is 9.90. The number of para-hydroxylation sites is 2. The smallest absolute Gasteiger partial charge is 0.282 e. The summed E-state index contributed by atoms with van der Waals surface area (Å²) in [5.41, 5.74) is 2.20. The molecule has 1 aliphatic heterocycles. The minimum atomic E-state index is -0.357. The Hall–Kier alpha value is -5.28. The highest BCUT2D eigenvalue weighted by atomic mass is 35.5. The highest BCUT2D eigenvalue weighted by Crippen LogP contribution is 2.36. The van der Waals surface area contributed by atoms with Crippen molar-refractivity contribution in [3.05, 3.63) is 111 Å². The highest BCUT2D eigenvalue weighted by Gasteiger charge is 2.18. The number of benzene rings is 4. The van der Waals surface area contributed by atoms with Crippen LogP contribution in [0.5, 0.6) is 23.0 Å². The van der Waals surface area contributed by atoms with E-state index in [1.807, 2.05) is 54.6 Å². The number of aromatic nitrogens is 2. The van der Waals surface area contributed by atoms with Crippen LogP contribution in [0.4, 0.5) is 0 Å². The van der Waals surface area contributed by atoms with Crippen LogP contribution in [0.25, 0.3) is 33.5 Å². The largest absolute Gasteiger partial charge is 0.493 e. The molecular weight excluding hydrogens is 558 g/mol. The van der Waals surface area contributed by atoms with Crippen LogP contribution in [0.2, 0.25) is 5.02 Å². The monoisotopic (exact) mass is 579 g/mol. The third-order valence-corrected chi connectivity index (χ3v) is 7.02. The summed E-state index contributed by atoms with van der Waals surface area (Å²) in [5, 5.41) is 6.28. The Morgan fingerprint density at radius 1 is 1.00 bits per heavy atom. The van der Waals surface area contributed by atoms with Gasteiger partial charge in [0.2, 0.25) is 12.6 Å². The van der Waals surface area contributed by atoms with Gasteiger partial charge in [0.1, 0.15) is 12.2 Å². The number of hydrogen-bond donors (Lipinski definition) is 0. The summed E-state index contributed by atoms with van der Waals surface area (Å²) in [6.45, 7) is 0.390. The fraction of sp³-hybridized carbons (Fsp3) is 0.0938. The predicted octanol–water partition coefficient (Wildman–Crippen LogP) is 6.66. The number of methoxy groups -OCH3 is 1. The Bertz CT molecular complexity index is 2030. The first kappa shape index (κ1) is 25.7. The van der Waals surface area contributed by atoms with Crippen molar-refractivity contribution in [2.24, 2.45) is 5.10 Å². The van der Waals surface area contributed by atoms with Crippen molar-refractivity contribution in [3.63, 3.8) is 0 Å². The van der Waals surface area contributed by atoms with E-state index in [0.29, 0.717) is 55.8 Å². The molecule has 42 heavy (non-hydrogen) atoms. The van der Waals surface area contributed by atoms with Crippen LogP contribution in [-0.4, -0.2) is 29.8 Å². The van der Waals surface area contributed by atoms with Crippen molar-refractivity contribution in [3.8, 4) is 34.6 Å². The molecule has 4 aromatic carbocycles. The molecule has 0 aliphatic carbocycles. The van der Waals surface area contributed by atoms with E-state index in [9.17, 15) is 4.79 Å². The van der Waals surface area contributed by atoms with Crippen LogP contribution in [0.15, 0.2) is 99.2 Å². The number of halogens is 1. The molecule has 0 amide bonds. The SMILES string of the molecule is COc1cc(Cl)cc(C=Nn2c(-c3cc4ccccc4o3)nc3ccccc3c2=O)c1OCc1ccc2c(c1)OCO2. The molecule has 208 valence electrons. The molecular formula is C32H22ClN3O6. The molecule has 9 nitrogen and oxygen atoms in total. The van der Waals surface area contributed by atoms with E-state index < -0.39 is 0 Å². The van der Waals surface area contributed by atoms with Gasteiger partial charge in [-0.25, -0.2) is 4.98 Å². The molecule has 0 unspecified atom stereocenters. The first-order chi connectivity index (χ1) is 20.6. The average molecular weight is 580 g/mol. The zero-order valence-electron chi connectivity index (χ0n) is 22.2. The molecule has 0 bridgehead atoms. The summed E-state index contributed by atoms with van der Waals surface area (Å²) in [6.07, 6.45) is 1.49. The van der Waals surface area contributed by atoms with Gasteiger partial charge in [-0.1, -0.05) is 48.0 Å². The lowest BCUT2D eigenvalue weighted by molar-refractivity contribution is 0.174. The number of nitrogens with zero attached hydrogens (tertiary/aromatic N) is 3. The van der Waals surface area contributed by atoms with Crippen molar-refractivity contribution >= 4 is 39.7 Å². The maximum atomic E-state index is 13.7. The summed E-state index contributed by atoms with van der Waals surface area (Å²) in [4.78, 5) is 18.4. The lowest BCUT2D eigenvalue weighted by Gasteiger charge is -2.14. The topological polar surface area (TPSA) is 97.3 Å². The summed E-state index contributed by atoms with van der Waals surface area (Å²) in [7, 11) is 1.53. The molecule has 0 radical (unpaired) electrons. The van der Waals surface area contributed by atoms with Gasteiger partial charge < -0.3 is 23.4 Å². The summed E-state index contributed by atoms with van der Waals surface area (Å²) in [5.74, 6) is 2.80. The normalized spacial score (nSPS) is 12.4. The van der Waals surface area contributed by atoms with Gasteiger partial charge in [0.15, 0.2) is 28.8 Å². The van der Waals surface area contributed by atoms with Crippen LogP contribution in [0.3, 0.4) is 0 Å². The zero-order valence-corrected chi connectivity index (χ0v) is 23.0. The first-order valence-corrected chi connectivity index (χ1v) is 13.4. The van der Waals surface area contributed by atoms with E-state index in [4.69, 9.17) is 39.9 Å². The number of ether oxygens (including phenoxy) is 4. The number of hydrogen-bond acceptors (Lipinski definition) is 8. The molecule has 10 heteroatoms. The van der Waals surface area contributed by atoms with Crippen LogP contribution in [0, 0.1) is 0 Å². The number of furan rings is 1. The standard InChI is InChI=1S/C32H22ClN3O6/c1-38-28-15-22(33)13-21(30(28)39-17-19-10-11-26-27(12-19)41-18-40-26)16-34-36-31(29-14-20-6-2-5-9-25(20)42-29)35-24-8-4-3-7-23(24)32(36)37/h2-16H,17-18H2,1H3. The fourth-order valence-corrected chi connectivity index (χ4v) is 5.00. The quantitative estimate of drug-likeness (QED) is 0.195. The van der Waals surface area contributed by atoms with Gasteiger partial charge in [-0.3, -0.25) is 4.79 Å². The molecule has 0 saturated carbocycles. The van der Waals surface area contributed by atoms with E-state index in [1.165, 1.54) is 18.0 Å². The summed E-state index contributed by atoms with van der Waals surface area (Å²) >= 11 is 6.42. The van der Waals surface area contributed by atoms with Crippen LogP contribution in [0.1, 0.15) is 11.1 Å². The van der Waals surface area contributed by atoms with Crippen molar-refractivity contribution in [1.29, 1.82) is 0 Å². The van der Waals surface area contributed by atoms with Crippen molar-refractivity contribution in [1.82, 2.24) is 9.66 Å². The van der Waals surface area contributed by atoms with Crippen molar-refractivity contribution in [2.45, 2.75) is 6.61 Å². The van der Waals surface area contributed by atoms with E-state index in [0.717, 1.165) is 10.9 Å². The summed E-state index contributed by atoms with van der Waals surface area (Å²) in [6, 6.07) is 25.4. The molecule has 0 saturated heterocycles. The Morgan fingerprint density at radius 3 is 2.71 bits per heavy atom. The molecule has 2 aromatic heterocycles. The highest BCUT2D eigenvalue weighted by molar-refractivity contribution is 6.31. The second kappa shape index (κ2) is 10.6. The van der Waals surface area contributed by atoms with Gasteiger partial charge >= 0.3 is 0 Å². The Balaban J connectivity index is 1.31. The second-order valence-electron chi connectivity index (χ2n) is 9.47. The van der Waals surface area contributed by atoms with Crippen LogP contribution in [-0.2, 0) is 6.61 Å². The minimum Gasteiger partial charge on any atom is -0.493 e. The maximum absolute atomic E-state index is 13.7. The lowest BCUT2D eigenvalue weighted by Crippen LogP contribution is -2.20. The number of rotatable bonds is 7.